The second-order valence-electron chi connectivity index (χ2n) is 6.25. The average Bonchev–Trinajstić information content (AvgIpc) is 2.60. The molecule has 1 aliphatic heterocycles. The molecule has 4 rings (SSSR count). The van der Waals surface area contributed by atoms with E-state index in [4.69, 9.17) is 9.47 Å². The number of rotatable bonds is 1. The van der Waals surface area contributed by atoms with Gasteiger partial charge in [0.25, 0.3) is 5.79 Å². The molecule has 0 radical (unpaired) electrons. The van der Waals surface area contributed by atoms with Crippen LogP contribution in [0.5, 0.6) is 0 Å². The van der Waals surface area contributed by atoms with Crippen LogP contribution in [0, 0.1) is 6.92 Å². The first-order chi connectivity index (χ1) is 12.0. The Balaban J connectivity index is 0.000000146. The lowest BCUT2D eigenvalue weighted by Gasteiger charge is -2.42. The molecule has 25 heavy (non-hydrogen) atoms. The molecule has 1 saturated heterocycles. The molecule has 0 amide bonds. The van der Waals surface area contributed by atoms with Crippen LogP contribution in [-0.4, -0.2) is 17.7 Å². The lowest BCUT2D eigenvalue weighted by molar-refractivity contribution is -0.260. The summed E-state index contributed by atoms with van der Waals surface area (Å²) in [6, 6.07) is 19.0. The summed E-state index contributed by atoms with van der Waals surface area (Å²) < 4.78 is 9.82. The van der Waals surface area contributed by atoms with Crippen molar-refractivity contribution in [1.82, 2.24) is 0 Å². The second kappa shape index (κ2) is 6.93. The summed E-state index contributed by atoms with van der Waals surface area (Å²) in [6.07, 6.45) is 2.14. The van der Waals surface area contributed by atoms with Crippen LogP contribution in [0.1, 0.15) is 24.8 Å². The first-order valence-corrected chi connectivity index (χ1v) is 8.27. The number of aryl methyl sites for hydroxylation is 1. The number of hydrogen-bond acceptors (Lipinski definition) is 4. The summed E-state index contributed by atoms with van der Waals surface area (Å²) in [4.78, 5) is 22.0. The Hall–Kier alpha value is -2.88. The Morgan fingerprint density at radius 1 is 0.840 bits per heavy atom. The number of ether oxygens (including phenoxy) is 2. The zero-order valence-corrected chi connectivity index (χ0v) is 14.2. The van der Waals surface area contributed by atoms with E-state index < -0.39 is 17.7 Å². The minimum Gasteiger partial charge on any atom is -0.419 e. The average molecular weight is 336 g/mol. The van der Waals surface area contributed by atoms with Gasteiger partial charge in [0.2, 0.25) is 0 Å². The van der Waals surface area contributed by atoms with E-state index in [2.05, 4.69) is 62.0 Å². The van der Waals surface area contributed by atoms with Crippen LogP contribution in [-0.2, 0) is 19.1 Å². The molecule has 1 aliphatic carbocycles. The summed E-state index contributed by atoms with van der Waals surface area (Å²) >= 11 is 0. The largest absolute Gasteiger partial charge is 0.419 e. The molecule has 128 valence electrons. The van der Waals surface area contributed by atoms with Crippen LogP contribution in [0.15, 0.2) is 66.7 Å². The van der Waals surface area contributed by atoms with Crippen molar-refractivity contribution < 1.29 is 19.1 Å². The topological polar surface area (TPSA) is 52.6 Å². The third-order valence-electron chi connectivity index (χ3n) is 4.32. The zero-order valence-electron chi connectivity index (χ0n) is 14.2. The minimum absolute atomic E-state index is 0.215. The third-order valence-corrected chi connectivity index (χ3v) is 4.32. The van der Waals surface area contributed by atoms with Crippen molar-refractivity contribution in [3.05, 3.63) is 72.3 Å². The highest BCUT2D eigenvalue weighted by atomic mass is 16.7. The fourth-order valence-electron chi connectivity index (χ4n) is 2.61. The Morgan fingerprint density at radius 3 is 1.84 bits per heavy atom. The van der Waals surface area contributed by atoms with Gasteiger partial charge in [0.15, 0.2) is 0 Å². The molecule has 2 aromatic rings. The van der Waals surface area contributed by atoms with Crippen molar-refractivity contribution in [1.29, 1.82) is 0 Å². The van der Waals surface area contributed by atoms with Gasteiger partial charge in [0, 0.05) is 12.8 Å². The highest BCUT2D eigenvalue weighted by Gasteiger charge is 2.49. The van der Waals surface area contributed by atoms with Crippen molar-refractivity contribution in [3.8, 4) is 11.1 Å². The van der Waals surface area contributed by atoms with Crippen molar-refractivity contribution in [2.45, 2.75) is 32.0 Å². The zero-order chi connectivity index (χ0) is 17.9. The fourth-order valence-corrected chi connectivity index (χ4v) is 2.61. The summed E-state index contributed by atoms with van der Waals surface area (Å²) in [5, 5.41) is 0. The minimum atomic E-state index is -0.935. The van der Waals surface area contributed by atoms with E-state index in [1.807, 2.05) is 6.07 Å². The van der Waals surface area contributed by atoms with Gasteiger partial charge in [-0.1, -0.05) is 66.7 Å². The lowest BCUT2D eigenvalue weighted by atomic mass is 9.90. The molecule has 2 aromatic carbocycles. The molecule has 1 saturated carbocycles. The Morgan fingerprint density at radius 2 is 1.36 bits per heavy atom. The maximum absolute atomic E-state index is 11.0. The van der Waals surface area contributed by atoms with Gasteiger partial charge in [0.05, 0.1) is 0 Å². The van der Waals surface area contributed by atoms with E-state index in [0.29, 0.717) is 12.8 Å². The van der Waals surface area contributed by atoms with E-state index in [0.717, 1.165) is 6.42 Å². The molecule has 1 heterocycles. The molecule has 4 heteroatoms. The van der Waals surface area contributed by atoms with Crippen LogP contribution >= 0.6 is 0 Å². The maximum Gasteiger partial charge on any atom is 0.348 e. The number of carbonyl (C=O) groups is 2. The van der Waals surface area contributed by atoms with Crippen molar-refractivity contribution in [3.63, 3.8) is 0 Å². The summed E-state index contributed by atoms with van der Waals surface area (Å²) in [6.45, 7) is 5.36. The molecule has 0 N–H and O–H groups in total. The molecule has 1 spiro atoms. The fraction of sp³-hybridized carbons (Fsp3) is 0.238. The van der Waals surface area contributed by atoms with Gasteiger partial charge < -0.3 is 9.47 Å². The molecule has 0 atom stereocenters. The molecule has 0 bridgehead atoms. The van der Waals surface area contributed by atoms with Crippen LogP contribution in [0.4, 0.5) is 0 Å². The first kappa shape index (κ1) is 17.0. The molecule has 2 fully saturated rings. The smallest absolute Gasteiger partial charge is 0.348 e. The Kier molecular flexibility index (Phi) is 4.70. The van der Waals surface area contributed by atoms with Crippen LogP contribution in [0.25, 0.3) is 11.1 Å². The number of esters is 2. The molecule has 0 aromatic heterocycles. The number of carbonyl (C=O) groups excluding carboxylic acids is 2. The highest BCUT2D eigenvalue weighted by molar-refractivity contribution is 6.14. The molecule has 4 nitrogen and oxygen atoms in total. The normalized spacial score (nSPS) is 17.7. The standard InChI is InChI=1S/C13H12.C8H8O4/c1-11-7-9-13(10-8-11)12-5-3-2-4-6-12;1-5-6(9)11-8(3-2-4-8)12-7(5)10/h2-10H,1H3;1-4H2. The summed E-state index contributed by atoms with van der Waals surface area (Å²) in [7, 11) is 0. The maximum atomic E-state index is 11.0. The molecule has 0 unspecified atom stereocenters. The SMILES string of the molecule is C=C1C(=O)OC2(CCC2)OC1=O.Cc1ccc(-c2ccccc2)cc1. The number of benzene rings is 2. The van der Waals surface area contributed by atoms with Crippen LogP contribution in [0.2, 0.25) is 0 Å². The molecular formula is C21H20O4. The lowest BCUT2D eigenvalue weighted by Crippen LogP contribution is -2.50. The van der Waals surface area contributed by atoms with Crippen molar-refractivity contribution in [2.24, 2.45) is 0 Å². The van der Waals surface area contributed by atoms with Gasteiger partial charge in [0.1, 0.15) is 5.57 Å². The van der Waals surface area contributed by atoms with Gasteiger partial charge in [-0.25, -0.2) is 9.59 Å². The van der Waals surface area contributed by atoms with Gasteiger partial charge >= 0.3 is 11.9 Å². The Labute approximate surface area is 147 Å². The summed E-state index contributed by atoms with van der Waals surface area (Å²) in [5.74, 6) is -2.23. The van der Waals surface area contributed by atoms with Gasteiger partial charge in [-0.15, -0.1) is 0 Å². The van der Waals surface area contributed by atoms with Gasteiger partial charge in [-0.05, 0) is 24.5 Å². The van der Waals surface area contributed by atoms with E-state index in [-0.39, 0.29) is 5.57 Å². The third kappa shape index (κ3) is 3.79. The predicted octanol–water partition coefficient (Wildman–Crippen LogP) is 4.18. The quantitative estimate of drug-likeness (QED) is 0.445. The van der Waals surface area contributed by atoms with Crippen LogP contribution in [0.3, 0.4) is 0 Å². The Bertz CT molecular complexity index is 764. The van der Waals surface area contributed by atoms with E-state index in [1.165, 1.54) is 16.7 Å². The van der Waals surface area contributed by atoms with Crippen molar-refractivity contribution in [2.75, 3.05) is 0 Å². The van der Waals surface area contributed by atoms with E-state index in [9.17, 15) is 9.59 Å². The van der Waals surface area contributed by atoms with Gasteiger partial charge in [-0.2, -0.15) is 0 Å². The van der Waals surface area contributed by atoms with E-state index in [1.54, 1.807) is 0 Å². The van der Waals surface area contributed by atoms with E-state index >= 15 is 0 Å². The number of hydrogen-bond donors (Lipinski definition) is 0. The van der Waals surface area contributed by atoms with Crippen LogP contribution < -0.4 is 0 Å². The second-order valence-corrected chi connectivity index (χ2v) is 6.25. The van der Waals surface area contributed by atoms with Gasteiger partial charge in [-0.3, -0.25) is 0 Å². The van der Waals surface area contributed by atoms with Crippen molar-refractivity contribution >= 4 is 11.9 Å². The predicted molar refractivity (Wildman–Crippen MR) is 94.5 cm³/mol. The molecular weight excluding hydrogens is 316 g/mol. The first-order valence-electron chi connectivity index (χ1n) is 8.27. The molecule has 2 aliphatic rings. The monoisotopic (exact) mass is 336 g/mol. The summed E-state index contributed by atoms with van der Waals surface area (Å²) in [5.41, 5.74) is 3.65. The highest BCUT2D eigenvalue weighted by Crippen LogP contribution is 2.40.